The number of benzene rings is 2. The van der Waals surface area contributed by atoms with Gasteiger partial charge in [-0.15, -0.1) is 0 Å². The normalized spacial score (nSPS) is 14.4. The first kappa shape index (κ1) is 14.4. The fraction of sp³-hybridized carbons (Fsp3) is 0.278. The summed E-state index contributed by atoms with van der Waals surface area (Å²) >= 11 is 0. The van der Waals surface area contributed by atoms with Crippen LogP contribution in [0.2, 0.25) is 0 Å². The van der Waals surface area contributed by atoms with Crippen LogP contribution < -0.4 is 15.0 Å². The SMILES string of the molecule is COc1ccc(NC(=O)[C@@H](C)N2CCc3ccccc32)cc1. The molecule has 0 radical (unpaired) electrons. The molecule has 1 aliphatic heterocycles. The second kappa shape index (κ2) is 6.10. The molecule has 1 aliphatic rings. The number of anilines is 2. The van der Waals surface area contributed by atoms with Crippen molar-refractivity contribution in [2.75, 3.05) is 23.9 Å². The number of ether oxygens (including phenoxy) is 1. The van der Waals surface area contributed by atoms with Gasteiger partial charge in [0.1, 0.15) is 11.8 Å². The number of hydrogen-bond acceptors (Lipinski definition) is 3. The van der Waals surface area contributed by atoms with E-state index in [0.29, 0.717) is 0 Å². The van der Waals surface area contributed by atoms with Crippen LogP contribution in [-0.2, 0) is 11.2 Å². The van der Waals surface area contributed by atoms with Gasteiger partial charge in [-0.25, -0.2) is 0 Å². The first-order chi connectivity index (χ1) is 10.7. The van der Waals surface area contributed by atoms with Crippen molar-refractivity contribution in [1.82, 2.24) is 0 Å². The molecule has 0 unspecified atom stereocenters. The summed E-state index contributed by atoms with van der Waals surface area (Å²) in [5, 5.41) is 2.96. The van der Waals surface area contributed by atoms with Crippen molar-refractivity contribution in [2.24, 2.45) is 0 Å². The summed E-state index contributed by atoms with van der Waals surface area (Å²) in [7, 11) is 1.63. The molecule has 0 spiro atoms. The van der Waals surface area contributed by atoms with E-state index in [9.17, 15) is 4.79 Å². The number of carbonyl (C=O) groups excluding carboxylic acids is 1. The van der Waals surface area contributed by atoms with Crippen molar-refractivity contribution >= 4 is 17.3 Å². The third-order valence-corrected chi connectivity index (χ3v) is 4.13. The standard InChI is InChI=1S/C18H20N2O2/c1-13(20-12-11-14-5-3-4-6-17(14)20)18(21)19-15-7-9-16(22-2)10-8-15/h3-10,13H,11-12H2,1-2H3,(H,19,21)/t13-/m1/s1. The van der Waals surface area contributed by atoms with Crippen molar-refractivity contribution in [3.8, 4) is 5.75 Å². The highest BCUT2D eigenvalue weighted by molar-refractivity contribution is 5.97. The van der Waals surface area contributed by atoms with Crippen molar-refractivity contribution in [3.05, 3.63) is 54.1 Å². The fourth-order valence-electron chi connectivity index (χ4n) is 2.83. The van der Waals surface area contributed by atoms with Crippen LogP contribution in [0.5, 0.6) is 5.75 Å². The van der Waals surface area contributed by atoms with Gasteiger partial charge in [-0.1, -0.05) is 18.2 Å². The number of nitrogens with one attached hydrogen (secondary N) is 1. The van der Waals surface area contributed by atoms with Crippen LogP contribution in [-0.4, -0.2) is 25.6 Å². The molecular weight excluding hydrogens is 276 g/mol. The molecule has 0 saturated carbocycles. The van der Waals surface area contributed by atoms with E-state index in [4.69, 9.17) is 4.74 Å². The quantitative estimate of drug-likeness (QED) is 0.942. The van der Waals surface area contributed by atoms with Gasteiger partial charge >= 0.3 is 0 Å². The predicted molar refractivity (Wildman–Crippen MR) is 88.6 cm³/mol. The second-order valence-corrected chi connectivity index (χ2v) is 5.47. The minimum atomic E-state index is -0.203. The number of methoxy groups -OCH3 is 1. The van der Waals surface area contributed by atoms with Gasteiger partial charge in [-0.2, -0.15) is 0 Å². The van der Waals surface area contributed by atoms with Gasteiger partial charge in [0.05, 0.1) is 7.11 Å². The molecule has 4 nitrogen and oxygen atoms in total. The van der Waals surface area contributed by atoms with E-state index in [1.807, 2.05) is 43.3 Å². The molecule has 1 heterocycles. The third-order valence-electron chi connectivity index (χ3n) is 4.13. The van der Waals surface area contributed by atoms with Crippen LogP contribution in [0.4, 0.5) is 11.4 Å². The van der Waals surface area contributed by atoms with Crippen molar-refractivity contribution < 1.29 is 9.53 Å². The lowest BCUT2D eigenvalue weighted by Gasteiger charge is -2.26. The molecule has 1 N–H and O–H groups in total. The number of hydrogen-bond donors (Lipinski definition) is 1. The first-order valence-corrected chi connectivity index (χ1v) is 7.48. The maximum atomic E-state index is 12.5. The number of para-hydroxylation sites is 1. The minimum absolute atomic E-state index is 0.00173. The van der Waals surface area contributed by atoms with Gasteiger partial charge in [0, 0.05) is 17.9 Å². The van der Waals surface area contributed by atoms with E-state index in [2.05, 4.69) is 22.3 Å². The van der Waals surface area contributed by atoms with E-state index in [1.54, 1.807) is 7.11 Å². The maximum absolute atomic E-state index is 12.5. The van der Waals surface area contributed by atoms with Crippen LogP contribution in [0.15, 0.2) is 48.5 Å². The molecule has 0 aromatic heterocycles. The van der Waals surface area contributed by atoms with Crippen LogP contribution in [0.25, 0.3) is 0 Å². The predicted octanol–water partition coefficient (Wildman–Crippen LogP) is 3.08. The van der Waals surface area contributed by atoms with E-state index >= 15 is 0 Å². The Morgan fingerprint density at radius 3 is 2.64 bits per heavy atom. The number of amides is 1. The van der Waals surface area contributed by atoms with Gasteiger partial charge in [0.2, 0.25) is 5.91 Å². The second-order valence-electron chi connectivity index (χ2n) is 5.47. The third kappa shape index (κ3) is 2.77. The summed E-state index contributed by atoms with van der Waals surface area (Å²) in [6, 6.07) is 15.4. The van der Waals surface area contributed by atoms with Crippen molar-refractivity contribution in [1.29, 1.82) is 0 Å². The Balaban J connectivity index is 1.70. The number of fused-ring (bicyclic) bond motifs is 1. The van der Waals surface area contributed by atoms with Crippen LogP contribution in [0.3, 0.4) is 0 Å². The highest BCUT2D eigenvalue weighted by atomic mass is 16.5. The lowest BCUT2D eigenvalue weighted by atomic mass is 10.1. The number of nitrogens with zero attached hydrogens (tertiary/aromatic N) is 1. The largest absolute Gasteiger partial charge is 0.497 e. The molecule has 0 saturated heterocycles. The molecule has 0 fully saturated rings. The maximum Gasteiger partial charge on any atom is 0.246 e. The molecule has 1 amide bonds. The summed E-state index contributed by atoms with van der Waals surface area (Å²) in [6.45, 7) is 2.83. The zero-order valence-electron chi connectivity index (χ0n) is 12.9. The van der Waals surface area contributed by atoms with Gasteiger partial charge in [0.25, 0.3) is 0 Å². The lowest BCUT2D eigenvalue weighted by Crippen LogP contribution is -2.41. The van der Waals surface area contributed by atoms with Gasteiger partial charge < -0.3 is 15.0 Å². The molecule has 2 aromatic carbocycles. The Labute approximate surface area is 130 Å². The first-order valence-electron chi connectivity index (χ1n) is 7.48. The molecule has 22 heavy (non-hydrogen) atoms. The Morgan fingerprint density at radius 2 is 1.91 bits per heavy atom. The topological polar surface area (TPSA) is 41.6 Å². The van der Waals surface area contributed by atoms with Gasteiger partial charge in [0.15, 0.2) is 0 Å². The Hall–Kier alpha value is -2.49. The molecular formula is C18H20N2O2. The molecule has 4 heteroatoms. The van der Waals surface area contributed by atoms with E-state index in [1.165, 1.54) is 11.3 Å². The van der Waals surface area contributed by atoms with Crippen LogP contribution >= 0.6 is 0 Å². The van der Waals surface area contributed by atoms with Gasteiger partial charge in [-0.3, -0.25) is 4.79 Å². The Kier molecular flexibility index (Phi) is 4.00. The smallest absolute Gasteiger partial charge is 0.246 e. The summed E-state index contributed by atoms with van der Waals surface area (Å²) in [6.07, 6.45) is 0.996. The molecule has 0 aliphatic carbocycles. The van der Waals surface area contributed by atoms with Crippen LogP contribution in [0, 0.1) is 0 Å². The minimum Gasteiger partial charge on any atom is -0.497 e. The Bertz CT molecular complexity index is 667. The molecule has 3 rings (SSSR count). The monoisotopic (exact) mass is 296 g/mol. The fourth-order valence-corrected chi connectivity index (χ4v) is 2.83. The zero-order chi connectivity index (χ0) is 15.5. The molecule has 2 aromatic rings. The van der Waals surface area contributed by atoms with Crippen LogP contribution in [0.1, 0.15) is 12.5 Å². The Morgan fingerprint density at radius 1 is 1.18 bits per heavy atom. The van der Waals surface area contributed by atoms with E-state index in [-0.39, 0.29) is 11.9 Å². The summed E-state index contributed by atoms with van der Waals surface area (Å²) in [4.78, 5) is 14.6. The summed E-state index contributed by atoms with van der Waals surface area (Å²) in [5.74, 6) is 0.779. The highest BCUT2D eigenvalue weighted by Crippen LogP contribution is 2.29. The lowest BCUT2D eigenvalue weighted by molar-refractivity contribution is -0.117. The summed E-state index contributed by atoms with van der Waals surface area (Å²) in [5.41, 5.74) is 3.26. The van der Waals surface area contributed by atoms with E-state index in [0.717, 1.165) is 24.4 Å². The number of rotatable bonds is 4. The average molecular weight is 296 g/mol. The molecule has 0 bridgehead atoms. The van der Waals surface area contributed by atoms with Gasteiger partial charge in [-0.05, 0) is 49.2 Å². The average Bonchev–Trinajstić information content (AvgIpc) is 2.99. The highest BCUT2D eigenvalue weighted by Gasteiger charge is 2.27. The van der Waals surface area contributed by atoms with Crippen molar-refractivity contribution in [2.45, 2.75) is 19.4 Å². The number of carbonyl (C=O) groups is 1. The van der Waals surface area contributed by atoms with Crippen molar-refractivity contribution in [3.63, 3.8) is 0 Å². The molecule has 114 valence electrons. The van der Waals surface area contributed by atoms with E-state index < -0.39 is 0 Å². The summed E-state index contributed by atoms with van der Waals surface area (Å²) < 4.78 is 5.12. The molecule has 1 atom stereocenters. The zero-order valence-corrected chi connectivity index (χ0v) is 12.9.